The average Bonchev–Trinajstić information content (AvgIpc) is 3.38. The molecule has 0 aromatic carbocycles. The average molecular weight is 374 g/mol. The highest BCUT2D eigenvalue weighted by Gasteiger charge is 2.22. The van der Waals surface area contributed by atoms with Gasteiger partial charge in [0.05, 0.1) is 0 Å². The van der Waals surface area contributed by atoms with Gasteiger partial charge in [-0.25, -0.2) is 4.79 Å². The number of rotatable bonds is 6. The van der Waals surface area contributed by atoms with E-state index in [0.29, 0.717) is 16.1 Å². The fraction of sp³-hybridized carbons (Fsp3) is 0.421. The van der Waals surface area contributed by atoms with Crippen molar-refractivity contribution in [1.29, 1.82) is 0 Å². The zero-order valence-corrected chi connectivity index (χ0v) is 15.8. The van der Waals surface area contributed by atoms with E-state index in [1.165, 1.54) is 23.6 Å². The van der Waals surface area contributed by atoms with Crippen LogP contribution in [0.3, 0.4) is 0 Å². The highest BCUT2D eigenvalue weighted by Crippen LogP contribution is 2.23. The summed E-state index contributed by atoms with van der Waals surface area (Å²) in [6.45, 7) is 5.14. The Kier molecular flexibility index (Phi) is 5.56. The SMILES string of the molecule is CCc1sc(C(=O)OCC(=O)c2c[nH]c(C(=O)N3CCCC3)c2)cc1C. The number of nitrogens with zero attached hydrogens (tertiary/aromatic N) is 1. The van der Waals surface area contributed by atoms with E-state index in [9.17, 15) is 14.4 Å². The lowest BCUT2D eigenvalue weighted by Gasteiger charge is -2.13. The van der Waals surface area contributed by atoms with Crippen LogP contribution < -0.4 is 0 Å². The van der Waals surface area contributed by atoms with Gasteiger partial charge in [0.2, 0.25) is 5.78 Å². The number of carbonyl (C=O) groups is 3. The van der Waals surface area contributed by atoms with Gasteiger partial charge in [-0.3, -0.25) is 9.59 Å². The zero-order valence-electron chi connectivity index (χ0n) is 15.0. The predicted molar refractivity (Wildman–Crippen MR) is 99.0 cm³/mol. The van der Waals surface area contributed by atoms with Gasteiger partial charge in [0.1, 0.15) is 10.6 Å². The third kappa shape index (κ3) is 3.88. The monoisotopic (exact) mass is 374 g/mol. The maximum Gasteiger partial charge on any atom is 0.348 e. The molecule has 2 aromatic rings. The molecule has 0 radical (unpaired) electrons. The molecule has 1 aliphatic heterocycles. The van der Waals surface area contributed by atoms with Crippen LogP contribution in [0.1, 0.15) is 60.7 Å². The first-order valence-electron chi connectivity index (χ1n) is 8.77. The van der Waals surface area contributed by atoms with Gasteiger partial charge in [-0.15, -0.1) is 11.3 Å². The van der Waals surface area contributed by atoms with E-state index in [4.69, 9.17) is 4.74 Å². The van der Waals surface area contributed by atoms with E-state index in [1.807, 2.05) is 13.8 Å². The quantitative estimate of drug-likeness (QED) is 0.622. The molecule has 26 heavy (non-hydrogen) atoms. The second kappa shape index (κ2) is 7.86. The van der Waals surface area contributed by atoms with Crippen molar-refractivity contribution in [3.63, 3.8) is 0 Å². The molecule has 3 rings (SSSR count). The van der Waals surface area contributed by atoms with Crippen molar-refractivity contribution in [2.45, 2.75) is 33.1 Å². The molecule has 1 saturated heterocycles. The lowest BCUT2D eigenvalue weighted by atomic mass is 10.2. The number of ketones is 1. The van der Waals surface area contributed by atoms with Crippen LogP contribution >= 0.6 is 11.3 Å². The Morgan fingerprint density at radius 1 is 1.23 bits per heavy atom. The molecule has 0 saturated carbocycles. The molecule has 0 unspecified atom stereocenters. The minimum Gasteiger partial charge on any atom is -0.453 e. The van der Waals surface area contributed by atoms with Crippen LogP contribution in [0.25, 0.3) is 0 Å². The molecule has 3 heterocycles. The Bertz CT molecular complexity index is 830. The van der Waals surface area contributed by atoms with Crippen molar-refractivity contribution in [2.75, 3.05) is 19.7 Å². The zero-order chi connectivity index (χ0) is 18.7. The van der Waals surface area contributed by atoms with Crippen LogP contribution in [-0.4, -0.2) is 47.2 Å². The highest BCUT2D eigenvalue weighted by molar-refractivity contribution is 7.14. The van der Waals surface area contributed by atoms with E-state index in [1.54, 1.807) is 11.0 Å². The molecule has 0 aliphatic carbocycles. The van der Waals surface area contributed by atoms with Gasteiger partial charge in [-0.05, 0) is 43.9 Å². The second-order valence-electron chi connectivity index (χ2n) is 6.37. The third-order valence-electron chi connectivity index (χ3n) is 4.51. The van der Waals surface area contributed by atoms with Gasteiger partial charge in [0.15, 0.2) is 6.61 Å². The maximum absolute atomic E-state index is 12.3. The molecule has 0 spiro atoms. The van der Waals surface area contributed by atoms with E-state index in [0.717, 1.165) is 42.8 Å². The largest absolute Gasteiger partial charge is 0.453 e. The van der Waals surface area contributed by atoms with Crippen molar-refractivity contribution in [1.82, 2.24) is 9.88 Å². The predicted octanol–water partition coefficient (Wildman–Crippen LogP) is 3.22. The molecule has 0 atom stereocenters. The topological polar surface area (TPSA) is 79.5 Å². The Balaban J connectivity index is 1.58. The molecule has 1 N–H and O–H groups in total. The van der Waals surface area contributed by atoms with E-state index < -0.39 is 5.97 Å². The number of H-pyrrole nitrogens is 1. The lowest BCUT2D eigenvalue weighted by Crippen LogP contribution is -2.27. The first-order valence-corrected chi connectivity index (χ1v) is 9.58. The number of aromatic nitrogens is 1. The summed E-state index contributed by atoms with van der Waals surface area (Å²) in [5.41, 5.74) is 1.80. The first kappa shape index (κ1) is 18.4. The van der Waals surface area contributed by atoms with Gasteiger partial charge in [-0.2, -0.15) is 0 Å². The summed E-state index contributed by atoms with van der Waals surface area (Å²) < 4.78 is 5.14. The van der Waals surface area contributed by atoms with Crippen molar-refractivity contribution in [2.24, 2.45) is 0 Å². The number of carbonyl (C=O) groups excluding carboxylic acids is 3. The number of ether oxygens (including phenoxy) is 1. The van der Waals surface area contributed by atoms with Crippen LogP contribution in [0.5, 0.6) is 0 Å². The Labute approximate surface area is 156 Å². The van der Waals surface area contributed by atoms with Crippen LogP contribution in [0.15, 0.2) is 18.3 Å². The molecule has 7 heteroatoms. The number of nitrogens with one attached hydrogen (secondary N) is 1. The lowest BCUT2D eigenvalue weighted by molar-refractivity contribution is 0.0479. The summed E-state index contributed by atoms with van der Waals surface area (Å²) in [5, 5.41) is 0. The molecule has 1 fully saturated rings. The first-order chi connectivity index (χ1) is 12.5. The van der Waals surface area contributed by atoms with E-state index >= 15 is 0 Å². The second-order valence-corrected chi connectivity index (χ2v) is 7.51. The molecule has 1 aliphatic rings. The van der Waals surface area contributed by atoms with Gasteiger partial charge in [0.25, 0.3) is 5.91 Å². The van der Waals surface area contributed by atoms with Crippen LogP contribution in [-0.2, 0) is 11.2 Å². The number of likely N-dealkylation sites (tertiary alicyclic amines) is 1. The summed E-state index contributed by atoms with van der Waals surface area (Å²) >= 11 is 1.40. The molecule has 6 nitrogen and oxygen atoms in total. The van der Waals surface area contributed by atoms with E-state index in [-0.39, 0.29) is 18.3 Å². The number of thiophene rings is 1. The molecule has 1 amide bonds. The normalized spacial score (nSPS) is 13.8. The van der Waals surface area contributed by atoms with Crippen molar-refractivity contribution >= 4 is 29.0 Å². The number of aryl methyl sites for hydroxylation is 2. The number of Topliss-reactive ketones (excluding diaryl/α,β-unsaturated/α-hetero) is 1. The highest BCUT2D eigenvalue weighted by atomic mass is 32.1. The summed E-state index contributed by atoms with van der Waals surface area (Å²) in [5.74, 6) is -0.922. The van der Waals surface area contributed by atoms with Crippen LogP contribution in [0, 0.1) is 6.92 Å². The fourth-order valence-electron chi connectivity index (χ4n) is 3.03. The smallest absolute Gasteiger partial charge is 0.348 e. The van der Waals surface area contributed by atoms with Crippen molar-refractivity contribution in [3.05, 3.63) is 44.9 Å². The number of esters is 1. The van der Waals surface area contributed by atoms with Gasteiger partial charge >= 0.3 is 5.97 Å². The number of amides is 1. The number of hydrogen-bond donors (Lipinski definition) is 1. The number of aromatic amines is 1. The number of hydrogen-bond acceptors (Lipinski definition) is 5. The van der Waals surface area contributed by atoms with Crippen LogP contribution in [0.2, 0.25) is 0 Å². The molecule has 138 valence electrons. The van der Waals surface area contributed by atoms with Crippen molar-refractivity contribution in [3.8, 4) is 0 Å². The molecule has 2 aromatic heterocycles. The van der Waals surface area contributed by atoms with Gasteiger partial charge < -0.3 is 14.6 Å². The van der Waals surface area contributed by atoms with Gasteiger partial charge in [0, 0.05) is 29.7 Å². The fourth-order valence-corrected chi connectivity index (χ4v) is 4.03. The van der Waals surface area contributed by atoms with Crippen molar-refractivity contribution < 1.29 is 19.1 Å². The van der Waals surface area contributed by atoms with Crippen LogP contribution in [0.4, 0.5) is 0 Å². The standard InChI is InChI=1S/C19H22N2O4S/c1-3-16-12(2)8-17(26-16)19(24)25-11-15(22)13-9-14(20-10-13)18(23)21-6-4-5-7-21/h8-10,20H,3-7,11H2,1-2H3. The van der Waals surface area contributed by atoms with Gasteiger partial charge in [-0.1, -0.05) is 6.92 Å². The third-order valence-corrected chi connectivity index (χ3v) is 5.87. The van der Waals surface area contributed by atoms with E-state index in [2.05, 4.69) is 4.98 Å². The maximum atomic E-state index is 12.3. The molecular weight excluding hydrogens is 352 g/mol. The molecular formula is C19H22N2O4S. The minimum atomic E-state index is -0.491. The Morgan fingerprint density at radius 3 is 2.62 bits per heavy atom. The summed E-state index contributed by atoms with van der Waals surface area (Å²) in [6.07, 6.45) is 4.37. The molecule has 0 bridgehead atoms. The summed E-state index contributed by atoms with van der Waals surface area (Å²) in [7, 11) is 0. The summed E-state index contributed by atoms with van der Waals surface area (Å²) in [4.78, 5) is 42.9. The summed E-state index contributed by atoms with van der Waals surface area (Å²) in [6, 6.07) is 3.32. The Hall–Kier alpha value is -2.41. The Morgan fingerprint density at radius 2 is 1.96 bits per heavy atom. The minimum absolute atomic E-state index is 0.0975.